The highest BCUT2D eigenvalue weighted by Crippen LogP contribution is 1.71. The first-order valence-electron chi connectivity index (χ1n) is 3.92. The fourth-order valence-corrected chi connectivity index (χ4v) is 0.0577. The minimum atomic E-state index is -1.23. The molecule has 0 aromatic heterocycles. The molecule has 0 aromatic rings. The highest BCUT2D eigenvalue weighted by Gasteiger charge is 1.93. The molecule has 0 bridgehead atoms. The molecule has 7 nitrogen and oxygen atoms in total. The van der Waals surface area contributed by atoms with Gasteiger partial charge in [-0.05, 0) is 12.2 Å². The monoisotopic (exact) mass is 234 g/mol. The Labute approximate surface area is 92.6 Å². The van der Waals surface area contributed by atoms with Gasteiger partial charge in [0.25, 0.3) is 0 Å². The normalized spacial score (nSPS) is 7.75. The molecule has 0 spiro atoms. The van der Waals surface area contributed by atoms with Crippen molar-refractivity contribution in [1.29, 1.82) is 0 Å². The summed E-state index contributed by atoms with van der Waals surface area (Å²) in [5, 5.41) is 42.3. The third-order valence-electron chi connectivity index (χ3n) is 0.755. The van der Waals surface area contributed by atoms with Crippen LogP contribution < -0.4 is 10.2 Å². The van der Waals surface area contributed by atoms with Gasteiger partial charge in [-0.2, -0.15) is 0 Å². The topological polar surface area (TPSA) is 141 Å². The molecule has 0 aliphatic heterocycles. The Balaban J connectivity index is -0.000000160. The van der Waals surface area contributed by atoms with Gasteiger partial charge >= 0.3 is 0 Å². The molecule has 0 fully saturated rings. The van der Waals surface area contributed by atoms with Crippen molar-refractivity contribution in [2.24, 2.45) is 0 Å². The van der Waals surface area contributed by atoms with Gasteiger partial charge in [0.05, 0.1) is 25.2 Å². The lowest BCUT2D eigenvalue weighted by Crippen LogP contribution is -2.17. The largest absolute Gasteiger partial charge is 0.545 e. The summed E-state index contributed by atoms with van der Waals surface area (Å²) in [6, 6.07) is 0. The van der Waals surface area contributed by atoms with E-state index < -0.39 is 18.0 Å². The van der Waals surface area contributed by atoms with Crippen LogP contribution in [0.4, 0.5) is 0 Å². The number of aliphatic carboxylic acids is 2. The summed E-state index contributed by atoms with van der Waals surface area (Å²) < 4.78 is 0. The quantitative estimate of drug-likeness (QED) is 0.423. The molecule has 0 aliphatic carbocycles. The van der Waals surface area contributed by atoms with Crippen LogP contribution in [0.15, 0.2) is 25.3 Å². The fourth-order valence-electron chi connectivity index (χ4n) is 0.0577. The number of rotatable bonds is 4. The molecule has 0 heterocycles. The van der Waals surface area contributed by atoms with Crippen LogP contribution in [0.25, 0.3) is 0 Å². The highest BCUT2D eigenvalue weighted by molar-refractivity contribution is 5.76. The van der Waals surface area contributed by atoms with Crippen molar-refractivity contribution in [2.45, 2.75) is 6.10 Å². The second kappa shape index (κ2) is 15.8. The maximum absolute atomic E-state index is 9.14. The van der Waals surface area contributed by atoms with Gasteiger partial charge in [0.2, 0.25) is 0 Å². The lowest BCUT2D eigenvalue weighted by molar-refractivity contribution is -0.298. The smallest absolute Gasteiger partial charge is 0.100 e. The van der Waals surface area contributed by atoms with Crippen LogP contribution in [0.2, 0.25) is 0 Å². The molecule has 94 valence electrons. The Morgan fingerprint density at radius 3 is 1.25 bits per heavy atom. The number of hydrogen-bond acceptors (Lipinski definition) is 7. The minimum absolute atomic E-state index is 0.365. The van der Waals surface area contributed by atoms with Gasteiger partial charge in [-0.1, -0.05) is 13.2 Å². The molecular formula is C9H14O7-2. The van der Waals surface area contributed by atoms with E-state index in [1.54, 1.807) is 0 Å². The number of aliphatic hydroxyl groups excluding tert-OH is 3. The maximum Gasteiger partial charge on any atom is 0.100 e. The third-order valence-corrected chi connectivity index (χ3v) is 0.755. The van der Waals surface area contributed by atoms with Gasteiger partial charge in [-0.25, -0.2) is 0 Å². The first-order chi connectivity index (χ1) is 7.35. The number of carboxylic acids is 2. The molecule has 0 saturated heterocycles. The lowest BCUT2D eigenvalue weighted by Gasteiger charge is -1.96. The maximum atomic E-state index is 9.14. The molecule has 3 N–H and O–H groups in total. The van der Waals surface area contributed by atoms with Crippen LogP contribution in [-0.2, 0) is 9.59 Å². The van der Waals surface area contributed by atoms with Gasteiger partial charge < -0.3 is 35.1 Å². The number of carbonyl (C=O) groups is 2. The Morgan fingerprint density at radius 2 is 1.25 bits per heavy atom. The Morgan fingerprint density at radius 1 is 1.06 bits per heavy atom. The highest BCUT2D eigenvalue weighted by atomic mass is 16.4. The molecule has 0 rings (SSSR count). The lowest BCUT2D eigenvalue weighted by atomic mass is 10.4. The van der Waals surface area contributed by atoms with Crippen LogP contribution in [-0.4, -0.2) is 46.6 Å². The zero-order valence-electron chi connectivity index (χ0n) is 8.54. The van der Waals surface area contributed by atoms with E-state index in [4.69, 9.17) is 35.1 Å². The summed E-state index contributed by atoms with van der Waals surface area (Å²) in [4.78, 5) is 18.3. The van der Waals surface area contributed by atoms with E-state index in [0.717, 1.165) is 12.2 Å². The molecule has 0 saturated carbocycles. The summed E-state index contributed by atoms with van der Waals surface area (Å²) in [5.74, 6) is -2.46. The van der Waals surface area contributed by atoms with Gasteiger partial charge in [0, 0.05) is 0 Å². The molecule has 0 unspecified atom stereocenters. The second-order valence-corrected chi connectivity index (χ2v) is 2.07. The van der Waals surface area contributed by atoms with Gasteiger partial charge in [-0.15, -0.1) is 0 Å². The van der Waals surface area contributed by atoms with Crippen LogP contribution in [0.5, 0.6) is 0 Å². The van der Waals surface area contributed by atoms with Crippen molar-refractivity contribution in [3.05, 3.63) is 25.3 Å². The Hall–Kier alpha value is -1.70. The molecule has 16 heavy (non-hydrogen) atoms. The standard InChI is InChI=1S/C3H8O3.2C3H4O2/c4-1-3(6)2-5;2*1-2-3(4)5/h3-6H,1-2H2;2*2H,1H2,(H,4,5)/p-2. The Kier molecular flexibility index (Phi) is 19.5. The molecule has 0 radical (unpaired) electrons. The van der Waals surface area contributed by atoms with Crippen molar-refractivity contribution in [2.75, 3.05) is 13.2 Å². The number of hydrogen-bond donors (Lipinski definition) is 3. The van der Waals surface area contributed by atoms with E-state index in [1.165, 1.54) is 0 Å². The van der Waals surface area contributed by atoms with Crippen molar-refractivity contribution in [3.8, 4) is 0 Å². The van der Waals surface area contributed by atoms with E-state index in [-0.39, 0.29) is 13.2 Å². The van der Waals surface area contributed by atoms with Crippen molar-refractivity contribution < 1.29 is 35.1 Å². The molecular weight excluding hydrogens is 220 g/mol. The van der Waals surface area contributed by atoms with Crippen molar-refractivity contribution in [1.82, 2.24) is 0 Å². The zero-order valence-corrected chi connectivity index (χ0v) is 8.54. The van der Waals surface area contributed by atoms with Crippen molar-refractivity contribution in [3.63, 3.8) is 0 Å². The SMILES string of the molecule is C=CC(=O)[O-].C=CC(=O)[O-].OCC(O)CO. The predicted molar refractivity (Wildman–Crippen MR) is 50.6 cm³/mol. The van der Waals surface area contributed by atoms with Crippen LogP contribution in [0, 0.1) is 0 Å². The fraction of sp³-hybridized carbons (Fsp3) is 0.333. The summed E-state index contributed by atoms with van der Waals surface area (Å²) in [6.45, 7) is 5.07. The molecule has 0 amide bonds. The van der Waals surface area contributed by atoms with Gasteiger partial charge in [-0.3, -0.25) is 0 Å². The first-order valence-corrected chi connectivity index (χ1v) is 3.92. The van der Waals surface area contributed by atoms with E-state index in [0.29, 0.717) is 0 Å². The number of carboxylic acid groups (broad SMARTS) is 2. The van der Waals surface area contributed by atoms with Crippen molar-refractivity contribution >= 4 is 11.9 Å². The average molecular weight is 234 g/mol. The zero-order chi connectivity index (χ0) is 13.6. The number of carbonyl (C=O) groups excluding carboxylic acids is 2. The summed E-state index contributed by atoms with van der Waals surface area (Å²) in [5.41, 5.74) is 0. The second-order valence-electron chi connectivity index (χ2n) is 2.07. The van der Waals surface area contributed by atoms with Crippen LogP contribution in [0.3, 0.4) is 0 Å². The Bertz CT molecular complexity index is 190. The minimum Gasteiger partial charge on any atom is -0.545 e. The van der Waals surface area contributed by atoms with Crippen LogP contribution in [0.1, 0.15) is 0 Å². The van der Waals surface area contributed by atoms with E-state index in [9.17, 15) is 0 Å². The molecule has 7 heteroatoms. The molecule has 0 aromatic carbocycles. The van der Waals surface area contributed by atoms with Gasteiger partial charge in [0.1, 0.15) is 6.10 Å². The average Bonchev–Trinajstić information content (AvgIpc) is 2.29. The first kappa shape index (κ1) is 19.8. The third kappa shape index (κ3) is 39.6. The van der Waals surface area contributed by atoms with E-state index in [1.807, 2.05) is 0 Å². The predicted octanol–water partition coefficient (Wildman–Crippen LogP) is -3.82. The number of aliphatic hydroxyl groups is 3. The van der Waals surface area contributed by atoms with Gasteiger partial charge in [0.15, 0.2) is 0 Å². The summed E-state index contributed by atoms with van der Waals surface area (Å²) in [6.07, 6.45) is 0.491. The van der Waals surface area contributed by atoms with E-state index in [2.05, 4.69) is 13.2 Å². The molecule has 0 atom stereocenters. The summed E-state index contributed by atoms with van der Waals surface area (Å²) in [7, 11) is 0. The van der Waals surface area contributed by atoms with Crippen LogP contribution >= 0.6 is 0 Å². The summed E-state index contributed by atoms with van der Waals surface area (Å²) >= 11 is 0. The molecule has 0 aliphatic rings. The van der Waals surface area contributed by atoms with E-state index >= 15 is 0 Å².